The summed E-state index contributed by atoms with van der Waals surface area (Å²) in [6.45, 7) is 8.86. The highest BCUT2D eigenvalue weighted by molar-refractivity contribution is 6.24. The number of allylic oxidation sites excluding steroid dienone is 1. The van der Waals surface area contributed by atoms with Crippen molar-refractivity contribution >= 4 is 17.1 Å². The molecular formula is C24H29N3O4. The molecule has 0 spiro atoms. The van der Waals surface area contributed by atoms with E-state index in [0.717, 1.165) is 24.0 Å². The summed E-state index contributed by atoms with van der Waals surface area (Å²) >= 11 is 0. The molecule has 0 amide bonds. The van der Waals surface area contributed by atoms with Crippen LogP contribution in [0.3, 0.4) is 0 Å². The SMILES string of the molecule is CCOc1nc2n(c(=O)n1)CC(c1ccccc1)=C2C(=O)OC1C(C)CC(C)CC1C. The molecule has 0 bridgehead atoms. The fourth-order valence-electron chi connectivity index (χ4n) is 5.01. The third-order valence-electron chi connectivity index (χ3n) is 6.23. The number of carbonyl (C=O) groups is 1. The van der Waals surface area contributed by atoms with Gasteiger partial charge in [0.25, 0.3) is 0 Å². The molecule has 0 N–H and O–H groups in total. The van der Waals surface area contributed by atoms with Gasteiger partial charge in [0.2, 0.25) is 0 Å². The number of aromatic nitrogens is 3. The van der Waals surface area contributed by atoms with Crippen molar-refractivity contribution in [3.8, 4) is 6.01 Å². The Morgan fingerprint density at radius 1 is 1.10 bits per heavy atom. The highest BCUT2D eigenvalue weighted by Crippen LogP contribution is 2.38. The van der Waals surface area contributed by atoms with Crippen LogP contribution in [0.4, 0.5) is 0 Å². The second kappa shape index (κ2) is 8.65. The number of rotatable bonds is 5. The van der Waals surface area contributed by atoms with Crippen LogP contribution >= 0.6 is 0 Å². The van der Waals surface area contributed by atoms with Crippen molar-refractivity contribution in [1.82, 2.24) is 14.5 Å². The van der Waals surface area contributed by atoms with Gasteiger partial charge in [0.05, 0.1) is 13.2 Å². The molecule has 7 heteroatoms. The Hall–Kier alpha value is -2.96. The zero-order chi connectivity index (χ0) is 22.1. The lowest BCUT2D eigenvalue weighted by molar-refractivity contribution is -0.150. The maximum atomic E-state index is 13.5. The largest absolute Gasteiger partial charge is 0.464 e. The molecule has 4 rings (SSSR count). The van der Waals surface area contributed by atoms with Crippen molar-refractivity contribution in [2.24, 2.45) is 17.8 Å². The normalized spacial score (nSPS) is 25.3. The number of ether oxygens (including phenoxy) is 2. The molecule has 0 saturated heterocycles. The van der Waals surface area contributed by atoms with E-state index in [-0.39, 0.29) is 36.3 Å². The van der Waals surface area contributed by atoms with Gasteiger partial charge in [0.1, 0.15) is 11.7 Å². The van der Waals surface area contributed by atoms with Crippen LogP contribution in [0.15, 0.2) is 35.1 Å². The Labute approximate surface area is 182 Å². The van der Waals surface area contributed by atoms with Gasteiger partial charge in [0, 0.05) is 0 Å². The molecule has 2 heterocycles. The fourth-order valence-corrected chi connectivity index (χ4v) is 5.01. The van der Waals surface area contributed by atoms with Gasteiger partial charge >= 0.3 is 17.7 Å². The molecule has 7 nitrogen and oxygen atoms in total. The summed E-state index contributed by atoms with van der Waals surface area (Å²) < 4.78 is 12.9. The van der Waals surface area contributed by atoms with E-state index in [9.17, 15) is 9.59 Å². The maximum Gasteiger partial charge on any atom is 0.354 e. The molecule has 2 aliphatic rings. The minimum atomic E-state index is -0.488. The number of benzene rings is 1. The highest BCUT2D eigenvalue weighted by atomic mass is 16.5. The Balaban J connectivity index is 1.76. The fraction of sp³-hybridized carbons (Fsp3) is 0.500. The smallest absolute Gasteiger partial charge is 0.354 e. The quantitative estimate of drug-likeness (QED) is 0.684. The van der Waals surface area contributed by atoms with Gasteiger partial charge in [0.15, 0.2) is 5.82 Å². The van der Waals surface area contributed by atoms with Gasteiger partial charge in [-0.3, -0.25) is 4.57 Å². The summed E-state index contributed by atoms with van der Waals surface area (Å²) in [5, 5.41) is 0. The van der Waals surface area contributed by atoms with Gasteiger partial charge in [-0.15, -0.1) is 4.98 Å². The summed E-state index contributed by atoms with van der Waals surface area (Å²) in [4.78, 5) is 34.4. The van der Waals surface area contributed by atoms with Crippen LogP contribution in [-0.4, -0.2) is 33.2 Å². The Kier molecular flexibility index (Phi) is 5.94. The highest BCUT2D eigenvalue weighted by Gasteiger charge is 2.38. The summed E-state index contributed by atoms with van der Waals surface area (Å²) in [6.07, 6.45) is 1.89. The molecule has 2 unspecified atom stereocenters. The third kappa shape index (κ3) is 4.13. The summed E-state index contributed by atoms with van der Waals surface area (Å²) in [6, 6.07) is 9.54. The van der Waals surface area contributed by atoms with Crippen molar-refractivity contribution in [2.45, 2.75) is 53.2 Å². The lowest BCUT2D eigenvalue weighted by Crippen LogP contribution is -2.37. The number of fused-ring (bicyclic) bond motifs is 1. The lowest BCUT2D eigenvalue weighted by Gasteiger charge is -2.37. The summed E-state index contributed by atoms with van der Waals surface area (Å²) in [7, 11) is 0. The zero-order valence-electron chi connectivity index (χ0n) is 18.5. The first-order chi connectivity index (χ1) is 14.9. The van der Waals surface area contributed by atoms with Crippen molar-refractivity contribution < 1.29 is 14.3 Å². The van der Waals surface area contributed by atoms with Crippen LogP contribution in [0.25, 0.3) is 11.1 Å². The molecule has 31 heavy (non-hydrogen) atoms. The van der Waals surface area contributed by atoms with E-state index in [1.807, 2.05) is 30.3 Å². The molecule has 2 atom stereocenters. The third-order valence-corrected chi connectivity index (χ3v) is 6.23. The predicted molar refractivity (Wildman–Crippen MR) is 117 cm³/mol. The molecular weight excluding hydrogens is 394 g/mol. The molecule has 1 aromatic heterocycles. The number of carbonyl (C=O) groups excluding carboxylic acids is 1. The van der Waals surface area contributed by atoms with Crippen molar-refractivity contribution in [1.29, 1.82) is 0 Å². The van der Waals surface area contributed by atoms with Crippen LogP contribution in [0, 0.1) is 17.8 Å². The average Bonchev–Trinajstić information content (AvgIpc) is 3.11. The molecule has 1 aliphatic heterocycles. The van der Waals surface area contributed by atoms with Gasteiger partial charge in [-0.1, -0.05) is 51.1 Å². The van der Waals surface area contributed by atoms with Crippen LogP contribution in [0.2, 0.25) is 0 Å². The van der Waals surface area contributed by atoms with Gasteiger partial charge in [-0.25, -0.2) is 9.59 Å². The zero-order valence-corrected chi connectivity index (χ0v) is 18.5. The number of hydrogen-bond acceptors (Lipinski definition) is 6. The van der Waals surface area contributed by atoms with E-state index in [1.165, 1.54) is 4.57 Å². The van der Waals surface area contributed by atoms with Crippen LogP contribution < -0.4 is 10.4 Å². The van der Waals surface area contributed by atoms with Crippen LogP contribution in [0.5, 0.6) is 6.01 Å². The number of nitrogens with zero attached hydrogens (tertiary/aromatic N) is 3. The monoisotopic (exact) mass is 423 g/mol. The molecule has 1 saturated carbocycles. The first kappa shape index (κ1) is 21.3. The van der Waals surface area contributed by atoms with Crippen LogP contribution in [0.1, 0.15) is 51.9 Å². The predicted octanol–water partition coefficient (Wildman–Crippen LogP) is 3.58. The second-order valence-electron chi connectivity index (χ2n) is 8.75. The minimum absolute atomic E-state index is 0.0217. The van der Waals surface area contributed by atoms with E-state index in [1.54, 1.807) is 6.92 Å². The van der Waals surface area contributed by atoms with E-state index >= 15 is 0 Å². The number of esters is 1. The van der Waals surface area contributed by atoms with Crippen molar-refractivity contribution in [3.05, 3.63) is 52.2 Å². The topological polar surface area (TPSA) is 83.3 Å². The number of hydrogen-bond donors (Lipinski definition) is 0. The molecule has 2 aromatic rings. The standard InChI is InChI=1S/C24H29N3O4/c1-5-30-23-25-21-19(22(28)31-20-15(3)11-14(2)12-16(20)4)18(13-27(21)24(29)26-23)17-9-7-6-8-10-17/h6-10,14-16,20H,5,11-13H2,1-4H3. The Morgan fingerprint density at radius 2 is 1.77 bits per heavy atom. The molecule has 1 aromatic carbocycles. The van der Waals surface area contributed by atoms with E-state index in [2.05, 4.69) is 30.7 Å². The first-order valence-electron chi connectivity index (χ1n) is 11.0. The summed E-state index contributed by atoms with van der Waals surface area (Å²) in [5.41, 5.74) is 1.41. The first-order valence-corrected chi connectivity index (χ1v) is 11.0. The van der Waals surface area contributed by atoms with Gasteiger partial charge in [-0.05, 0) is 48.7 Å². The van der Waals surface area contributed by atoms with E-state index in [4.69, 9.17) is 9.47 Å². The minimum Gasteiger partial charge on any atom is -0.464 e. The Bertz CT molecular complexity index is 1050. The van der Waals surface area contributed by atoms with E-state index in [0.29, 0.717) is 18.1 Å². The summed E-state index contributed by atoms with van der Waals surface area (Å²) in [5.74, 6) is 0.986. The molecule has 1 aliphatic carbocycles. The average molecular weight is 424 g/mol. The molecule has 0 radical (unpaired) electrons. The van der Waals surface area contributed by atoms with Crippen LogP contribution in [-0.2, 0) is 16.1 Å². The van der Waals surface area contributed by atoms with E-state index < -0.39 is 11.7 Å². The van der Waals surface area contributed by atoms with Crippen molar-refractivity contribution in [3.63, 3.8) is 0 Å². The maximum absolute atomic E-state index is 13.5. The van der Waals surface area contributed by atoms with Gasteiger partial charge in [-0.2, -0.15) is 4.98 Å². The lowest BCUT2D eigenvalue weighted by atomic mass is 9.75. The Morgan fingerprint density at radius 3 is 2.42 bits per heavy atom. The second-order valence-corrected chi connectivity index (χ2v) is 8.75. The molecule has 1 fully saturated rings. The van der Waals surface area contributed by atoms with Gasteiger partial charge < -0.3 is 9.47 Å². The molecule has 164 valence electrons. The van der Waals surface area contributed by atoms with Crippen molar-refractivity contribution in [2.75, 3.05) is 6.61 Å².